The number of carbonyl (C=O) groups excluding carboxylic acids is 1. The summed E-state index contributed by atoms with van der Waals surface area (Å²) in [7, 11) is 1.60. The summed E-state index contributed by atoms with van der Waals surface area (Å²) < 4.78 is 11.4. The molecule has 0 saturated carbocycles. The molecule has 4 nitrogen and oxygen atoms in total. The molecule has 1 N–H and O–H groups in total. The third-order valence-corrected chi connectivity index (χ3v) is 4.58. The zero-order chi connectivity index (χ0) is 20.6. The number of hydrogen-bond donors (Lipinski definition) is 1. The number of carbonyl (C=O) groups is 1. The first-order chi connectivity index (χ1) is 14.0. The van der Waals surface area contributed by atoms with E-state index in [-0.39, 0.29) is 5.91 Å². The Bertz CT molecular complexity index is 1010. The maximum atomic E-state index is 12.1. The van der Waals surface area contributed by atoms with E-state index in [1.807, 2.05) is 67.6 Å². The lowest BCUT2D eigenvalue weighted by Gasteiger charge is -2.12. The Morgan fingerprint density at radius 1 is 0.966 bits per heavy atom. The van der Waals surface area contributed by atoms with Gasteiger partial charge in [0.2, 0.25) is 5.91 Å². The van der Waals surface area contributed by atoms with Crippen molar-refractivity contribution in [3.8, 4) is 11.5 Å². The number of methoxy groups -OCH3 is 1. The zero-order valence-electron chi connectivity index (χ0n) is 16.9. The minimum Gasteiger partial charge on any atom is -0.493 e. The number of amides is 1. The largest absolute Gasteiger partial charge is 0.493 e. The molecule has 148 valence electrons. The molecule has 3 rings (SSSR count). The summed E-state index contributed by atoms with van der Waals surface area (Å²) >= 11 is 0. The van der Waals surface area contributed by atoms with Crippen molar-refractivity contribution in [2.75, 3.05) is 12.4 Å². The van der Waals surface area contributed by atoms with E-state index in [1.54, 1.807) is 13.2 Å². The smallest absolute Gasteiger partial charge is 0.248 e. The van der Waals surface area contributed by atoms with Gasteiger partial charge in [-0.25, -0.2) is 0 Å². The van der Waals surface area contributed by atoms with Crippen molar-refractivity contribution in [1.82, 2.24) is 0 Å². The molecule has 0 atom stereocenters. The summed E-state index contributed by atoms with van der Waals surface area (Å²) in [6.45, 7) is 4.54. The summed E-state index contributed by atoms with van der Waals surface area (Å²) in [5, 5.41) is 2.84. The molecule has 0 bridgehead atoms. The number of benzene rings is 3. The number of hydrogen-bond acceptors (Lipinski definition) is 3. The molecule has 0 fully saturated rings. The number of rotatable bonds is 7. The van der Waals surface area contributed by atoms with Crippen molar-refractivity contribution >= 4 is 17.7 Å². The van der Waals surface area contributed by atoms with E-state index < -0.39 is 0 Å². The molecule has 0 spiro atoms. The normalized spacial score (nSPS) is 10.7. The van der Waals surface area contributed by atoms with E-state index in [1.165, 1.54) is 11.6 Å². The second kappa shape index (κ2) is 9.60. The lowest BCUT2D eigenvalue weighted by atomic mass is 10.1. The summed E-state index contributed by atoms with van der Waals surface area (Å²) in [5.74, 6) is 1.10. The molecule has 3 aromatic rings. The molecule has 1 amide bonds. The van der Waals surface area contributed by atoms with Crippen molar-refractivity contribution in [3.63, 3.8) is 0 Å². The van der Waals surface area contributed by atoms with Gasteiger partial charge in [0.05, 0.1) is 7.11 Å². The lowest BCUT2D eigenvalue weighted by Crippen LogP contribution is -2.07. The van der Waals surface area contributed by atoms with Gasteiger partial charge >= 0.3 is 0 Å². The van der Waals surface area contributed by atoms with Gasteiger partial charge in [-0.15, -0.1) is 0 Å². The molecule has 0 aliphatic rings. The zero-order valence-corrected chi connectivity index (χ0v) is 16.9. The summed E-state index contributed by atoms with van der Waals surface area (Å²) in [6.07, 6.45) is 3.25. The highest BCUT2D eigenvalue weighted by molar-refractivity contribution is 6.01. The highest BCUT2D eigenvalue weighted by Crippen LogP contribution is 2.29. The summed E-state index contributed by atoms with van der Waals surface area (Å²) in [6, 6.07) is 21.4. The van der Waals surface area contributed by atoms with Gasteiger partial charge in [-0.3, -0.25) is 4.79 Å². The molecular formula is C25H25NO3. The Hall–Kier alpha value is -3.53. The fraction of sp³-hybridized carbons (Fsp3) is 0.160. The molecular weight excluding hydrogens is 362 g/mol. The van der Waals surface area contributed by atoms with Gasteiger partial charge in [0.1, 0.15) is 6.61 Å². The van der Waals surface area contributed by atoms with Crippen molar-refractivity contribution in [2.45, 2.75) is 20.5 Å². The summed E-state index contributed by atoms with van der Waals surface area (Å²) in [5.41, 5.74) is 5.08. The SMILES string of the molecule is COc1cc(/C=C/C(=O)Nc2ccc(C)cc2)ccc1OCc1ccccc1C. The molecule has 0 aromatic heterocycles. The van der Waals surface area contributed by atoms with Crippen LogP contribution < -0.4 is 14.8 Å². The van der Waals surface area contributed by atoms with Crippen LogP contribution in [-0.4, -0.2) is 13.0 Å². The van der Waals surface area contributed by atoms with Crippen LogP contribution in [0.4, 0.5) is 5.69 Å². The average Bonchev–Trinajstić information content (AvgIpc) is 2.73. The van der Waals surface area contributed by atoms with Gasteiger partial charge in [0.25, 0.3) is 0 Å². The Labute approximate surface area is 171 Å². The first-order valence-electron chi connectivity index (χ1n) is 9.46. The predicted molar refractivity (Wildman–Crippen MR) is 117 cm³/mol. The van der Waals surface area contributed by atoms with Crippen LogP contribution in [0.2, 0.25) is 0 Å². The number of nitrogens with one attached hydrogen (secondary N) is 1. The average molecular weight is 387 g/mol. The first-order valence-corrected chi connectivity index (χ1v) is 9.46. The second-order valence-corrected chi connectivity index (χ2v) is 6.81. The Kier molecular flexibility index (Phi) is 6.69. The summed E-state index contributed by atoms with van der Waals surface area (Å²) in [4.78, 5) is 12.1. The van der Waals surface area contributed by atoms with Gasteiger partial charge in [-0.1, -0.05) is 48.0 Å². The highest BCUT2D eigenvalue weighted by atomic mass is 16.5. The van der Waals surface area contributed by atoms with Crippen LogP contribution in [0, 0.1) is 13.8 Å². The van der Waals surface area contributed by atoms with E-state index in [0.717, 1.165) is 22.4 Å². The minimum atomic E-state index is -0.187. The monoisotopic (exact) mass is 387 g/mol. The van der Waals surface area contributed by atoms with Crippen LogP contribution in [0.1, 0.15) is 22.3 Å². The lowest BCUT2D eigenvalue weighted by molar-refractivity contribution is -0.111. The van der Waals surface area contributed by atoms with Crippen LogP contribution in [0.3, 0.4) is 0 Å². The number of anilines is 1. The van der Waals surface area contributed by atoms with Gasteiger partial charge in [-0.05, 0) is 60.9 Å². The van der Waals surface area contributed by atoms with E-state index in [2.05, 4.69) is 18.3 Å². The molecule has 0 unspecified atom stereocenters. The van der Waals surface area contributed by atoms with Crippen LogP contribution in [0.25, 0.3) is 6.08 Å². The van der Waals surface area contributed by atoms with Crippen LogP contribution in [0.5, 0.6) is 11.5 Å². The van der Waals surface area contributed by atoms with Crippen molar-refractivity contribution in [2.24, 2.45) is 0 Å². The topological polar surface area (TPSA) is 47.6 Å². The molecule has 29 heavy (non-hydrogen) atoms. The minimum absolute atomic E-state index is 0.187. The maximum absolute atomic E-state index is 12.1. The highest BCUT2D eigenvalue weighted by Gasteiger charge is 2.07. The Morgan fingerprint density at radius 3 is 2.45 bits per heavy atom. The number of aryl methyl sites for hydroxylation is 2. The van der Waals surface area contributed by atoms with Crippen LogP contribution >= 0.6 is 0 Å². The molecule has 0 aliphatic carbocycles. The quantitative estimate of drug-likeness (QED) is 0.541. The van der Waals surface area contributed by atoms with Crippen molar-refractivity contribution < 1.29 is 14.3 Å². The third kappa shape index (κ3) is 5.72. The van der Waals surface area contributed by atoms with E-state index in [4.69, 9.17) is 9.47 Å². The van der Waals surface area contributed by atoms with Gasteiger partial charge in [-0.2, -0.15) is 0 Å². The van der Waals surface area contributed by atoms with Gasteiger partial charge in [0, 0.05) is 11.8 Å². The fourth-order valence-corrected chi connectivity index (χ4v) is 2.83. The third-order valence-electron chi connectivity index (χ3n) is 4.58. The Morgan fingerprint density at radius 2 is 1.72 bits per heavy atom. The predicted octanol–water partition coefficient (Wildman–Crippen LogP) is 5.54. The second-order valence-electron chi connectivity index (χ2n) is 6.81. The maximum Gasteiger partial charge on any atom is 0.248 e. The molecule has 0 aliphatic heterocycles. The number of ether oxygens (including phenoxy) is 2. The van der Waals surface area contributed by atoms with Gasteiger partial charge < -0.3 is 14.8 Å². The molecule has 3 aromatic carbocycles. The molecule has 4 heteroatoms. The van der Waals surface area contributed by atoms with E-state index >= 15 is 0 Å². The standard InChI is InChI=1S/C25H25NO3/c1-18-8-12-22(13-9-18)26-25(27)15-11-20-10-14-23(24(16-20)28-3)29-17-21-7-5-4-6-19(21)2/h4-16H,17H2,1-3H3,(H,26,27)/b15-11+. The molecule has 0 saturated heterocycles. The first kappa shape index (κ1) is 20.2. The van der Waals surface area contributed by atoms with Gasteiger partial charge in [0.15, 0.2) is 11.5 Å². The van der Waals surface area contributed by atoms with E-state index in [9.17, 15) is 4.79 Å². The van der Waals surface area contributed by atoms with Crippen LogP contribution in [-0.2, 0) is 11.4 Å². The Balaban J connectivity index is 1.64. The van der Waals surface area contributed by atoms with E-state index in [0.29, 0.717) is 18.1 Å². The molecule has 0 heterocycles. The fourth-order valence-electron chi connectivity index (χ4n) is 2.83. The molecule has 0 radical (unpaired) electrons. The van der Waals surface area contributed by atoms with Crippen LogP contribution in [0.15, 0.2) is 72.8 Å². The van der Waals surface area contributed by atoms with Crippen molar-refractivity contribution in [1.29, 1.82) is 0 Å². The van der Waals surface area contributed by atoms with Crippen molar-refractivity contribution in [3.05, 3.63) is 95.1 Å².